The third-order valence-electron chi connectivity index (χ3n) is 6.16. The van der Waals surface area contributed by atoms with Crippen molar-refractivity contribution in [1.29, 1.82) is 5.26 Å². The Balaban J connectivity index is 1.80. The van der Waals surface area contributed by atoms with Crippen molar-refractivity contribution in [2.24, 2.45) is 0 Å². The number of nitrogens with two attached hydrogens (primary N) is 1. The van der Waals surface area contributed by atoms with E-state index in [0.29, 0.717) is 47.5 Å². The highest BCUT2D eigenvalue weighted by Gasteiger charge is 2.33. The van der Waals surface area contributed by atoms with Gasteiger partial charge >= 0.3 is 5.69 Å². The fourth-order valence-corrected chi connectivity index (χ4v) is 4.43. The molecule has 2 heterocycles. The standard InChI is InChI=1S/C20H25FN6O2/c1-12-17-15(19(28)27(23)20(29)26(17)13-4-5-13)10-16(21)18(12)25-9-6-14(11-25)24(2)8-3-7-22/h10,13-14H,3-6,8-9,11,23H2,1-2H3. The predicted octanol–water partition coefficient (Wildman–Crippen LogP) is 1.08. The monoisotopic (exact) mass is 400 g/mol. The van der Waals surface area contributed by atoms with Crippen LogP contribution in [0.1, 0.15) is 37.3 Å². The van der Waals surface area contributed by atoms with Crippen molar-refractivity contribution in [3.63, 3.8) is 0 Å². The third kappa shape index (κ3) is 3.17. The zero-order valence-electron chi connectivity index (χ0n) is 16.7. The first-order valence-corrected chi connectivity index (χ1v) is 9.92. The van der Waals surface area contributed by atoms with Crippen LogP contribution in [0.15, 0.2) is 15.7 Å². The Hall–Kier alpha value is -2.86. The first-order valence-electron chi connectivity index (χ1n) is 9.92. The lowest BCUT2D eigenvalue weighted by atomic mass is 10.1. The van der Waals surface area contributed by atoms with E-state index >= 15 is 4.39 Å². The van der Waals surface area contributed by atoms with Gasteiger partial charge in [0.15, 0.2) is 0 Å². The maximum absolute atomic E-state index is 15.1. The lowest BCUT2D eigenvalue weighted by Crippen LogP contribution is -2.44. The maximum Gasteiger partial charge on any atom is 0.350 e. The summed E-state index contributed by atoms with van der Waals surface area (Å²) < 4.78 is 17.3. The van der Waals surface area contributed by atoms with E-state index in [2.05, 4.69) is 11.0 Å². The second-order valence-electron chi connectivity index (χ2n) is 8.06. The van der Waals surface area contributed by atoms with Crippen LogP contribution in [0, 0.1) is 24.1 Å². The van der Waals surface area contributed by atoms with Gasteiger partial charge < -0.3 is 15.6 Å². The number of rotatable bonds is 5. The van der Waals surface area contributed by atoms with Gasteiger partial charge in [0.2, 0.25) is 0 Å². The average Bonchev–Trinajstić information content (AvgIpc) is 3.42. The molecule has 1 unspecified atom stereocenters. The smallest absolute Gasteiger partial charge is 0.350 e. The molecule has 2 N–H and O–H groups in total. The highest BCUT2D eigenvalue weighted by Crippen LogP contribution is 2.39. The lowest BCUT2D eigenvalue weighted by Gasteiger charge is -2.26. The van der Waals surface area contributed by atoms with Gasteiger partial charge in [-0.3, -0.25) is 9.36 Å². The molecule has 0 bridgehead atoms. The number of nitriles is 1. The normalized spacial score (nSPS) is 19.3. The topological polar surface area (TPSA) is 100 Å². The fourth-order valence-electron chi connectivity index (χ4n) is 4.43. The van der Waals surface area contributed by atoms with Gasteiger partial charge in [0.1, 0.15) is 5.82 Å². The fraction of sp³-hybridized carbons (Fsp3) is 0.550. The van der Waals surface area contributed by atoms with Crippen LogP contribution in [0.4, 0.5) is 10.1 Å². The van der Waals surface area contributed by atoms with Gasteiger partial charge in [0.25, 0.3) is 5.56 Å². The SMILES string of the molecule is Cc1c(N2CCC(N(C)CCC#N)C2)c(F)cc2c(=O)n(N)c(=O)n(C3CC3)c12. The molecular weight excluding hydrogens is 375 g/mol. The Labute approximate surface area is 167 Å². The minimum Gasteiger partial charge on any atom is -0.367 e. The molecule has 1 saturated carbocycles. The zero-order valence-corrected chi connectivity index (χ0v) is 16.7. The summed E-state index contributed by atoms with van der Waals surface area (Å²) in [5, 5.41) is 8.94. The zero-order chi connectivity index (χ0) is 20.9. The van der Waals surface area contributed by atoms with Crippen molar-refractivity contribution in [1.82, 2.24) is 14.1 Å². The van der Waals surface area contributed by atoms with Crippen LogP contribution < -0.4 is 22.0 Å². The number of aryl methyl sites for hydroxylation is 1. The maximum atomic E-state index is 15.1. The summed E-state index contributed by atoms with van der Waals surface area (Å²) in [5.41, 5.74) is 0.299. The molecule has 8 nitrogen and oxygen atoms in total. The number of nitrogen functional groups attached to an aromatic ring is 1. The van der Waals surface area contributed by atoms with Crippen molar-refractivity contribution >= 4 is 16.6 Å². The van der Waals surface area contributed by atoms with Crippen molar-refractivity contribution in [3.8, 4) is 6.07 Å². The van der Waals surface area contributed by atoms with Crippen LogP contribution in [-0.2, 0) is 0 Å². The Morgan fingerprint density at radius 2 is 2.07 bits per heavy atom. The molecule has 154 valence electrons. The van der Waals surface area contributed by atoms with E-state index in [1.807, 2.05) is 11.9 Å². The summed E-state index contributed by atoms with van der Waals surface area (Å²) in [4.78, 5) is 29.3. The molecule has 1 atom stereocenters. The number of fused-ring (bicyclic) bond motifs is 1. The molecule has 1 saturated heterocycles. The molecule has 2 aliphatic rings. The lowest BCUT2D eigenvalue weighted by molar-refractivity contribution is 0.264. The van der Waals surface area contributed by atoms with E-state index in [4.69, 9.17) is 11.1 Å². The highest BCUT2D eigenvalue weighted by molar-refractivity contribution is 5.87. The summed E-state index contributed by atoms with van der Waals surface area (Å²) in [6.07, 6.45) is 3.00. The second-order valence-corrected chi connectivity index (χ2v) is 8.06. The number of aromatic nitrogens is 2. The number of likely N-dealkylation sites (N-methyl/N-ethyl adjacent to an activating group) is 1. The number of nitrogens with zero attached hydrogens (tertiary/aromatic N) is 5. The predicted molar refractivity (Wildman–Crippen MR) is 109 cm³/mol. The molecule has 2 fully saturated rings. The Morgan fingerprint density at radius 1 is 1.34 bits per heavy atom. The van der Waals surface area contributed by atoms with Gasteiger partial charge in [-0.2, -0.15) is 9.94 Å². The largest absolute Gasteiger partial charge is 0.367 e. The van der Waals surface area contributed by atoms with Crippen LogP contribution in [0.3, 0.4) is 0 Å². The molecule has 4 rings (SSSR count). The summed E-state index contributed by atoms with van der Waals surface area (Å²) in [6.45, 7) is 3.75. The van der Waals surface area contributed by atoms with E-state index in [9.17, 15) is 9.59 Å². The van der Waals surface area contributed by atoms with Gasteiger partial charge in [-0.05, 0) is 39.3 Å². The number of hydrogen-bond acceptors (Lipinski definition) is 6. The number of hydrogen-bond donors (Lipinski definition) is 1. The molecular formula is C20H25FN6O2. The average molecular weight is 400 g/mol. The Morgan fingerprint density at radius 3 is 2.72 bits per heavy atom. The molecule has 1 aliphatic heterocycles. The van der Waals surface area contributed by atoms with Gasteiger partial charge in [-0.1, -0.05) is 0 Å². The molecule has 1 aromatic heterocycles. The Kier molecular flexibility index (Phi) is 4.82. The van der Waals surface area contributed by atoms with Crippen LogP contribution >= 0.6 is 0 Å². The summed E-state index contributed by atoms with van der Waals surface area (Å²) >= 11 is 0. The highest BCUT2D eigenvalue weighted by atomic mass is 19.1. The van der Waals surface area contributed by atoms with Crippen LogP contribution in [-0.4, -0.2) is 46.9 Å². The van der Waals surface area contributed by atoms with Gasteiger partial charge in [0.05, 0.1) is 22.7 Å². The van der Waals surface area contributed by atoms with E-state index in [-0.39, 0.29) is 17.5 Å². The second kappa shape index (κ2) is 7.19. The van der Waals surface area contributed by atoms with Crippen LogP contribution in [0.25, 0.3) is 10.9 Å². The molecule has 0 spiro atoms. The van der Waals surface area contributed by atoms with Crippen molar-refractivity contribution < 1.29 is 4.39 Å². The van der Waals surface area contributed by atoms with Crippen LogP contribution in [0.5, 0.6) is 0 Å². The number of halogens is 1. The first kappa shape index (κ1) is 19.5. The molecule has 1 aliphatic carbocycles. The molecule has 2 aromatic rings. The van der Waals surface area contributed by atoms with Crippen molar-refractivity contribution in [2.75, 3.05) is 37.4 Å². The quantitative estimate of drug-likeness (QED) is 0.754. The van der Waals surface area contributed by atoms with Gasteiger partial charge in [-0.15, -0.1) is 0 Å². The molecule has 0 radical (unpaired) electrons. The third-order valence-corrected chi connectivity index (χ3v) is 6.16. The number of benzene rings is 1. The van der Waals surface area contributed by atoms with E-state index in [1.165, 1.54) is 6.07 Å². The molecule has 29 heavy (non-hydrogen) atoms. The summed E-state index contributed by atoms with van der Waals surface area (Å²) in [7, 11) is 1.98. The van der Waals surface area contributed by atoms with Crippen molar-refractivity contribution in [2.45, 2.75) is 44.7 Å². The van der Waals surface area contributed by atoms with E-state index < -0.39 is 17.1 Å². The first-order chi connectivity index (χ1) is 13.8. The Bertz CT molecular complexity index is 1130. The van der Waals surface area contributed by atoms with Gasteiger partial charge in [-0.25, -0.2) is 9.18 Å². The molecule has 1 aromatic carbocycles. The summed E-state index contributed by atoms with van der Waals surface area (Å²) in [5.74, 6) is 5.20. The number of anilines is 1. The van der Waals surface area contributed by atoms with Gasteiger partial charge in [0, 0.05) is 43.7 Å². The summed E-state index contributed by atoms with van der Waals surface area (Å²) in [6, 6.07) is 3.59. The molecule has 0 amide bonds. The minimum atomic E-state index is -0.675. The van der Waals surface area contributed by atoms with Crippen molar-refractivity contribution in [3.05, 3.63) is 38.3 Å². The molecule has 9 heteroatoms. The van der Waals surface area contributed by atoms with E-state index in [1.54, 1.807) is 11.5 Å². The minimum absolute atomic E-state index is 0.000790. The van der Waals surface area contributed by atoms with Crippen LogP contribution in [0.2, 0.25) is 0 Å². The van der Waals surface area contributed by atoms with E-state index in [0.717, 1.165) is 19.3 Å².